The number of aliphatic hydroxyl groups is 1. The minimum Gasteiger partial charge on any atom is -0.385 e. The summed E-state index contributed by atoms with van der Waals surface area (Å²) in [4.78, 5) is 0. The van der Waals surface area contributed by atoms with Gasteiger partial charge in [-0.1, -0.05) is 23.7 Å². The summed E-state index contributed by atoms with van der Waals surface area (Å²) in [6.45, 7) is 1.48. The molecule has 1 aromatic rings. The summed E-state index contributed by atoms with van der Waals surface area (Å²) in [6, 6.07) is 7.47. The molecule has 0 aromatic heterocycles. The Morgan fingerprint density at radius 2 is 2.00 bits per heavy atom. The molecule has 1 aliphatic heterocycles. The van der Waals surface area contributed by atoms with E-state index >= 15 is 0 Å². The largest absolute Gasteiger partial charge is 0.385 e. The van der Waals surface area contributed by atoms with E-state index in [1.165, 1.54) is 0 Å². The highest BCUT2D eigenvalue weighted by molar-refractivity contribution is 6.30. The van der Waals surface area contributed by atoms with Crippen molar-refractivity contribution in [2.24, 2.45) is 0 Å². The van der Waals surface area contributed by atoms with E-state index in [0.29, 0.717) is 17.9 Å². The van der Waals surface area contributed by atoms with Gasteiger partial charge in [0.15, 0.2) is 0 Å². The minimum atomic E-state index is -0.716. The van der Waals surface area contributed by atoms with Crippen LogP contribution in [-0.2, 0) is 5.60 Å². The zero-order valence-electron chi connectivity index (χ0n) is 7.91. The fourth-order valence-electron chi connectivity index (χ4n) is 1.83. The van der Waals surface area contributed by atoms with E-state index in [-0.39, 0.29) is 0 Å². The Labute approximate surface area is 88.9 Å². The fraction of sp³-hybridized carbons (Fsp3) is 0.455. The Morgan fingerprint density at radius 1 is 1.29 bits per heavy atom. The third kappa shape index (κ3) is 1.92. The molecule has 0 bridgehead atoms. The maximum absolute atomic E-state index is 10.3. The van der Waals surface area contributed by atoms with E-state index in [9.17, 15) is 5.11 Å². The van der Waals surface area contributed by atoms with Gasteiger partial charge >= 0.3 is 0 Å². The van der Waals surface area contributed by atoms with E-state index in [0.717, 1.165) is 18.7 Å². The maximum Gasteiger partial charge on any atom is 0.0922 e. The van der Waals surface area contributed by atoms with Crippen molar-refractivity contribution in [3.8, 4) is 0 Å². The summed E-state index contributed by atoms with van der Waals surface area (Å²) in [7, 11) is 0. The third-order valence-electron chi connectivity index (χ3n) is 2.73. The zero-order valence-corrected chi connectivity index (χ0v) is 8.67. The number of hydrogen-bond donors (Lipinski definition) is 1. The molecule has 0 aliphatic carbocycles. The van der Waals surface area contributed by atoms with Gasteiger partial charge in [0.25, 0.3) is 0 Å². The van der Waals surface area contributed by atoms with Crippen LogP contribution in [0.15, 0.2) is 24.3 Å². The highest BCUT2D eigenvalue weighted by Gasteiger charge is 2.31. The van der Waals surface area contributed by atoms with Gasteiger partial charge in [0.2, 0.25) is 0 Å². The standard InChI is InChI=1S/C11H13ClNO/c12-10-3-1-2-9(8-10)11(14)4-6-13-7-5-11/h1-3,8,14H,4-7H2. The van der Waals surface area contributed by atoms with Crippen LogP contribution in [0, 0.1) is 0 Å². The highest BCUT2D eigenvalue weighted by atomic mass is 35.5. The molecule has 0 saturated carbocycles. The highest BCUT2D eigenvalue weighted by Crippen LogP contribution is 2.31. The molecule has 14 heavy (non-hydrogen) atoms. The van der Waals surface area contributed by atoms with Crippen LogP contribution >= 0.6 is 11.6 Å². The Kier molecular flexibility index (Phi) is 2.77. The minimum absolute atomic E-state index is 0.679. The monoisotopic (exact) mass is 210 g/mol. The van der Waals surface area contributed by atoms with Crippen LogP contribution in [0.25, 0.3) is 0 Å². The molecule has 75 valence electrons. The van der Waals surface area contributed by atoms with Gasteiger partial charge < -0.3 is 5.11 Å². The predicted octanol–water partition coefficient (Wildman–Crippen LogP) is 1.93. The molecule has 1 aliphatic rings. The van der Waals surface area contributed by atoms with Crippen LogP contribution in [0.5, 0.6) is 0 Å². The molecule has 1 saturated heterocycles. The van der Waals surface area contributed by atoms with Crippen LogP contribution in [0.4, 0.5) is 0 Å². The van der Waals surface area contributed by atoms with Gasteiger partial charge in [0.05, 0.1) is 5.60 Å². The number of benzene rings is 1. The quantitative estimate of drug-likeness (QED) is 0.755. The first-order valence-corrected chi connectivity index (χ1v) is 5.20. The van der Waals surface area contributed by atoms with Gasteiger partial charge in [-0.3, -0.25) is 0 Å². The van der Waals surface area contributed by atoms with Gasteiger partial charge in [0, 0.05) is 18.1 Å². The molecule has 2 nitrogen and oxygen atoms in total. The molecule has 0 atom stereocenters. The average Bonchev–Trinajstić information content (AvgIpc) is 2.19. The van der Waals surface area contributed by atoms with Gasteiger partial charge in [-0.25, -0.2) is 5.32 Å². The van der Waals surface area contributed by atoms with Gasteiger partial charge in [-0.2, -0.15) is 0 Å². The van der Waals surface area contributed by atoms with Crippen LogP contribution in [-0.4, -0.2) is 18.2 Å². The number of halogens is 1. The Morgan fingerprint density at radius 3 is 2.64 bits per heavy atom. The lowest BCUT2D eigenvalue weighted by molar-refractivity contribution is 0.00515. The second-order valence-corrected chi connectivity index (χ2v) is 4.15. The van der Waals surface area contributed by atoms with Crippen LogP contribution in [0.3, 0.4) is 0 Å². The predicted molar refractivity (Wildman–Crippen MR) is 56.5 cm³/mol. The van der Waals surface area contributed by atoms with E-state index < -0.39 is 5.60 Å². The fourth-order valence-corrected chi connectivity index (χ4v) is 2.02. The summed E-state index contributed by atoms with van der Waals surface area (Å²) in [5.41, 5.74) is 0.201. The number of nitrogens with zero attached hydrogens (tertiary/aromatic N) is 1. The van der Waals surface area contributed by atoms with Gasteiger partial charge in [-0.05, 0) is 30.5 Å². The Balaban J connectivity index is 2.28. The van der Waals surface area contributed by atoms with Crippen molar-refractivity contribution in [2.75, 3.05) is 13.1 Å². The van der Waals surface area contributed by atoms with Crippen LogP contribution in [0.1, 0.15) is 18.4 Å². The van der Waals surface area contributed by atoms with E-state index in [4.69, 9.17) is 11.6 Å². The molecule has 1 aromatic carbocycles. The Bertz CT molecular complexity index is 321. The first kappa shape index (κ1) is 9.97. The number of hydrogen-bond acceptors (Lipinski definition) is 1. The molecular formula is C11H13ClNO. The lowest BCUT2D eigenvalue weighted by Gasteiger charge is -2.32. The normalized spacial score (nSPS) is 20.7. The third-order valence-corrected chi connectivity index (χ3v) is 2.96. The zero-order chi connectivity index (χ0) is 10.0. The summed E-state index contributed by atoms with van der Waals surface area (Å²) in [6.07, 6.45) is 1.40. The first-order valence-electron chi connectivity index (χ1n) is 4.82. The molecule has 3 heteroatoms. The molecule has 0 unspecified atom stereocenters. The van der Waals surface area contributed by atoms with Crippen molar-refractivity contribution in [1.82, 2.24) is 5.32 Å². The second-order valence-electron chi connectivity index (χ2n) is 3.71. The number of rotatable bonds is 1. The van der Waals surface area contributed by atoms with Crippen LogP contribution < -0.4 is 5.32 Å². The lowest BCUT2D eigenvalue weighted by atomic mass is 9.85. The van der Waals surface area contributed by atoms with Crippen molar-refractivity contribution in [3.05, 3.63) is 34.9 Å². The smallest absolute Gasteiger partial charge is 0.0922 e. The molecular weight excluding hydrogens is 198 g/mol. The van der Waals surface area contributed by atoms with E-state index in [1.54, 1.807) is 0 Å². The van der Waals surface area contributed by atoms with Gasteiger partial charge in [0.1, 0.15) is 0 Å². The van der Waals surface area contributed by atoms with Gasteiger partial charge in [-0.15, -0.1) is 0 Å². The molecule has 0 spiro atoms. The summed E-state index contributed by atoms with van der Waals surface area (Å²) in [5, 5.41) is 15.3. The SMILES string of the molecule is OC1(c2cccc(Cl)c2)CC[N]CC1. The van der Waals surface area contributed by atoms with Crippen molar-refractivity contribution in [2.45, 2.75) is 18.4 Å². The molecule has 1 N–H and O–H groups in total. The van der Waals surface area contributed by atoms with E-state index in [2.05, 4.69) is 5.32 Å². The molecule has 0 amide bonds. The maximum atomic E-state index is 10.3. The summed E-state index contributed by atoms with van der Waals surface area (Å²) in [5.74, 6) is 0. The average molecular weight is 211 g/mol. The van der Waals surface area contributed by atoms with Crippen molar-refractivity contribution in [1.29, 1.82) is 0 Å². The van der Waals surface area contributed by atoms with E-state index in [1.807, 2.05) is 24.3 Å². The second kappa shape index (κ2) is 3.89. The molecule has 2 rings (SSSR count). The van der Waals surface area contributed by atoms with Crippen molar-refractivity contribution >= 4 is 11.6 Å². The van der Waals surface area contributed by atoms with Crippen molar-refractivity contribution in [3.63, 3.8) is 0 Å². The molecule has 1 heterocycles. The molecule has 1 fully saturated rings. The van der Waals surface area contributed by atoms with Crippen molar-refractivity contribution < 1.29 is 5.11 Å². The van der Waals surface area contributed by atoms with Crippen LogP contribution in [0.2, 0.25) is 5.02 Å². The molecule has 1 radical (unpaired) electrons. The number of piperidine rings is 1. The lowest BCUT2D eigenvalue weighted by Crippen LogP contribution is -2.36. The summed E-state index contributed by atoms with van der Waals surface area (Å²) >= 11 is 5.89. The first-order chi connectivity index (χ1) is 6.71. The topological polar surface area (TPSA) is 34.3 Å². The Hall–Kier alpha value is -0.570. The summed E-state index contributed by atoms with van der Waals surface area (Å²) < 4.78 is 0.